The van der Waals surface area contributed by atoms with Crippen LogP contribution in [0.5, 0.6) is 5.75 Å². The summed E-state index contributed by atoms with van der Waals surface area (Å²) in [5, 5.41) is 2.76. The molecule has 0 aliphatic heterocycles. The number of nitrogens with two attached hydrogens (primary N) is 1. The van der Waals surface area contributed by atoms with Gasteiger partial charge in [0.15, 0.2) is 0 Å². The highest BCUT2D eigenvalue weighted by Gasteiger charge is 2.11. The van der Waals surface area contributed by atoms with Crippen molar-refractivity contribution in [3.8, 4) is 5.75 Å². The topological polar surface area (TPSA) is 64.4 Å². The number of methoxy groups -OCH3 is 1. The number of rotatable bonds is 5. The Labute approximate surface area is 108 Å². The largest absolute Gasteiger partial charge is 0.497 e. The van der Waals surface area contributed by atoms with Crippen LogP contribution in [0, 0.1) is 0 Å². The van der Waals surface area contributed by atoms with Crippen molar-refractivity contribution < 1.29 is 9.53 Å². The molecular formula is C12H19ClN2O2. The third-order valence-corrected chi connectivity index (χ3v) is 2.29. The minimum Gasteiger partial charge on any atom is -0.497 e. The molecule has 0 heterocycles. The molecule has 4 nitrogen and oxygen atoms in total. The van der Waals surface area contributed by atoms with Crippen LogP contribution in [0.2, 0.25) is 0 Å². The van der Waals surface area contributed by atoms with Gasteiger partial charge in [0.1, 0.15) is 5.75 Å². The third kappa shape index (κ3) is 5.06. The predicted molar refractivity (Wildman–Crippen MR) is 71.8 cm³/mol. The van der Waals surface area contributed by atoms with E-state index in [1.165, 1.54) is 0 Å². The molecule has 0 saturated heterocycles. The molecule has 0 radical (unpaired) electrons. The summed E-state index contributed by atoms with van der Waals surface area (Å²) >= 11 is 0. The van der Waals surface area contributed by atoms with Gasteiger partial charge in [0.2, 0.25) is 5.91 Å². The molecule has 0 fully saturated rings. The lowest BCUT2D eigenvalue weighted by atomic mass is 10.1. The van der Waals surface area contributed by atoms with Gasteiger partial charge in [-0.3, -0.25) is 4.79 Å². The van der Waals surface area contributed by atoms with E-state index in [2.05, 4.69) is 5.32 Å². The molecule has 1 aromatic rings. The molecule has 1 atom stereocenters. The predicted octanol–water partition coefficient (Wildman–Crippen LogP) is 2.18. The van der Waals surface area contributed by atoms with Gasteiger partial charge in [-0.1, -0.05) is 13.3 Å². The zero-order chi connectivity index (χ0) is 12.0. The van der Waals surface area contributed by atoms with Crippen LogP contribution in [0.1, 0.15) is 19.8 Å². The first kappa shape index (κ1) is 15.7. The standard InChI is InChI=1S/C12H18N2O2.ClH/c1-3-4-11(13)12(15)14-9-5-7-10(16-2)8-6-9;/h5-8,11H,3-4,13H2,1-2H3,(H,14,15);1H. The number of halogens is 1. The molecule has 0 saturated carbocycles. The first-order chi connectivity index (χ1) is 7.67. The lowest BCUT2D eigenvalue weighted by Gasteiger charge is -2.11. The maximum atomic E-state index is 11.6. The lowest BCUT2D eigenvalue weighted by Crippen LogP contribution is -2.35. The smallest absolute Gasteiger partial charge is 0.241 e. The maximum absolute atomic E-state index is 11.6. The molecule has 1 amide bonds. The molecule has 0 aromatic heterocycles. The van der Waals surface area contributed by atoms with E-state index >= 15 is 0 Å². The number of amides is 1. The van der Waals surface area contributed by atoms with Crippen LogP contribution >= 0.6 is 12.4 Å². The lowest BCUT2D eigenvalue weighted by molar-refractivity contribution is -0.117. The Morgan fingerprint density at radius 2 is 2.00 bits per heavy atom. The average Bonchev–Trinajstić information content (AvgIpc) is 2.30. The van der Waals surface area contributed by atoms with E-state index in [9.17, 15) is 4.79 Å². The van der Waals surface area contributed by atoms with Crippen LogP contribution in [0.3, 0.4) is 0 Å². The van der Waals surface area contributed by atoms with Crippen molar-refractivity contribution in [1.29, 1.82) is 0 Å². The fraction of sp³-hybridized carbons (Fsp3) is 0.417. The molecule has 0 bridgehead atoms. The zero-order valence-electron chi connectivity index (χ0n) is 10.1. The summed E-state index contributed by atoms with van der Waals surface area (Å²) in [6.45, 7) is 2.00. The van der Waals surface area contributed by atoms with Crippen LogP contribution in [0.25, 0.3) is 0 Å². The Kier molecular flexibility index (Phi) is 7.34. The quantitative estimate of drug-likeness (QED) is 0.851. The highest BCUT2D eigenvalue weighted by molar-refractivity contribution is 5.94. The van der Waals surface area contributed by atoms with E-state index in [4.69, 9.17) is 10.5 Å². The van der Waals surface area contributed by atoms with Crippen molar-refractivity contribution in [3.05, 3.63) is 24.3 Å². The summed E-state index contributed by atoms with van der Waals surface area (Å²) in [5.74, 6) is 0.614. The first-order valence-corrected chi connectivity index (χ1v) is 5.38. The summed E-state index contributed by atoms with van der Waals surface area (Å²) in [6, 6.07) is 6.72. The second-order valence-corrected chi connectivity index (χ2v) is 3.61. The molecule has 3 N–H and O–H groups in total. The van der Waals surface area contributed by atoms with Gasteiger partial charge < -0.3 is 15.8 Å². The molecule has 96 valence electrons. The van der Waals surface area contributed by atoms with Crippen LogP contribution in [-0.2, 0) is 4.79 Å². The van der Waals surface area contributed by atoms with Gasteiger partial charge in [-0.25, -0.2) is 0 Å². The molecule has 1 unspecified atom stereocenters. The van der Waals surface area contributed by atoms with Crippen molar-refractivity contribution in [2.24, 2.45) is 5.73 Å². The Balaban J connectivity index is 0.00000256. The number of anilines is 1. The van der Waals surface area contributed by atoms with Gasteiger partial charge in [0.05, 0.1) is 13.2 Å². The average molecular weight is 259 g/mol. The van der Waals surface area contributed by atoms with Gasteiger partial charge in [0, 0.05) is 5.69 Å². The second kappa shape index (κ2) is 7.92. The summed E-state index contributed by atoms with van der Waals surface area (Å²) in [7, 11) is 1.60. The maximum Gasteiger partial charge on any atom is 0.241 e. The zero-order valence-corrected chi connectivity index (χ0v) is 10.9. The van der Waals surface area contributed by atoms with Gasteiger partial charge in [-0.05, 0) is 30.7 Å². The summed E-state index contributed by atoms with van der Waals surface area (Å²) in [5.41, 5.74) is 6.43. The number of ether oxygens (including phenoxy) is 1. The van der Waals surface area contributed by atoms with Crippen molar-refractivity contribution in [2.45, 2.75) is 25.8 Å². The van der Waals surface area contributed by atoms with Crippen molar-refractivity contribution in [3.63, 3.8) is 0 Å². The molecule has 1 rings (SSSR count). The number of nitrogens with one attached hydrogen (secondary N) is 1. The summed E-state index contributed by atoms with van der Waals surface area (Å²) in [6.07, 6.45) is 1.60. The number of hydrogen-bond donors (Lipinski definition) is 2. The Morgan fingerprint density at radius 3 is 2.47 bits per heavy atom. The third-order valence-electron chi connectivity index (χ3n) is 2.29. The molecule has 1 aromatic carbocycles. The van der Waals surface area contributed by atoms with Crippen LogP contribution in [0.15, 0.2) is 24.3 Å². The number of carbonyl (C=O) groups is 1. The minimum atomic E-state index is -0.438. The minimum absolute atomic E-state index is 0. The first-order valence-electron chi connectivity index (χ1n) is 5.38. The van der Waals surface area contributed by atoms with E-state index in [0.29, 0.717) is 6.42 Å². The Bertz CT molecular complexity index is 341. The highest BCUT2D eigenvalue weighted by atomic mass is 35.5. The van der Waals surface area contributed by atoms with Gasteiger partial charge in [0.25, 0.3) is 0 Å². The van der Waals surface area contributed by atoms with E-state index in [0.717, 1.165) is 17.9 Å². The number of carbonyl (C=O) groups excluding carboxylic acids is 1. The van der Waals surface area contributed by atoms with Gasteiger partial charge >= 0.3 is 0 Å². The van der Waals surface area contributed by atoms with Crippen LogP contribution in [0.4, 0.5) is 5.69 Å². The SMILES string of the molecule is CCCC(N)C(=O)Nc1ccc(OC)cc1.Cl. The van der Waals surface area contributed by atoms with Gasteiger partial charge in [-0.2, -0.15) is 0 Å². The van der Waals surface area contributed by atoms with E-state index in [1.807, 2.05) is 6.92 Å². The highest BCUT2D eigenvalue weighted by Crippen LogP contribution is 2.15. The molecule has 17 heavy (non-hydrogen) atoms. The molecular weight excluding hydrogens is 240 g/mol. The molecule has 5 heteroatoms. The number of benzene rings is 1. The molecule has 0 aliphatic rings. The van der Waals surface area contributed by atoms with E-state index in [1.54, 1.807) is 31.4 Å². The van der Waals surface area contributed by atoms with Crippen molar-refractivity contribution in [2.75, 3.05) is 12.4 Å². The van der Waals surface area contributed by atoms with Crippen molar-refractivity contribution in [1.82, 2.24) is 0 Å². The molecule has 0 aliphatic carbocycles. The second-order valence-electron chi connectivity index (χ2n) is 3.61. The Morgan fingerprint density at radius 1 is 1.41 bits per heavy atom. The number of hydrogen-bond acceptors (Lipinski definition) is 3. The summed E-state index contributed by atoms with van der Waals surface area (Å²) in [4.78, 5) is 11.6. The monoisotopic (exact) mass is 258 g/mol. The van der Waals surface area contributed by atoms with Crippen LogP contribution < -0.4 is 15.8 Å². The van der Waals surface area contributed by atoms with Crippen molar-refractivity contribution >= 4 is 24.0 Å². The normalized spacial score (nSPS) is 11.2. The Hall–Kier alpha value is -1.26. The van der Waals surface area contributed by atoms with E-state index < -0.39 is 6.04 Å². The van der Waals surface area contributed by atoms with E-state index in [-0.39, 0.29) is 18.3 Å². The fourth-order valence-corrected chi connectivity index (χ4v) is 1.35. The molecule has 0 spiro atoms. The van der Waals surface area contributed by atoms with Gasteiger partial charge in [-0.15, -0.1) is 12.4 Å². The summed E-state index contributed by atoms with van der Waals surface area (Å²) < 4.78 is 5.02. The van der Waals surface area contributed by atoms with Crippen LogP contribution in [-0.4, -0.2) is 19.1 Å². The fourth-order valence-electron chi connectivity index (χ4n) is 1.35.